The summed E-state index contributed by atoms with van der Waals surface area (Å²) >= 11 is 0. The minimum Gasteiger partial charge on any atom is -0.457 e. The standard InChI is InChI=1S/C24H23F3N4O4/c25-24(26,27)15-6-10-17(11-7-15)35-16-8-4-14(5-9-16)18-2-1-3-20(30-18)23(34)31-19(22(29)33)12-13-21(28)32/h1-11,19,21,32H,12-13,28H2,(H2,29,33)(H,31,34)/t19-,21?/m0/s1. The van der Waals surface area contributed by atoms with E-state index < -0.39 is 35.8 Å². The second-order valence-electron chi connectivity index (χ2n) is 7.63. The smallest absolute Gasteiger partial charge is 0.416 e. The van der Waals surface area contributed by atoms with Crippen molar-refractivity contribution in [3.8, 4) is 22.8 Å². The van der Waals surface area contributed by atoms with Crippen molar-refractivity contribution >= 4 is 11.8 Å². The molecule has 0 radical (unpaired) electrons. The van der Waals surface area contributed by atoms with Crippen LogP contribution in [0.5, 0.6) is 11.5 Å². The summed E-state index contributed by atoms with van der Waals surface area (Å²) in [7, 11) is 0. The third-order valence-electron chi connectivity index (χ3n) is 4.95. The van der Waals surface area contributed by atoms with E-state index in [-0.39, 0.29) is 24.3 Å². The van der Waals surface area contributed by atoms with Gasteiger partial charge in [-0.15, -0.1) is 0 Å². The Hall–Kier alpha value is -3.96. The number of carbonyl (C=O) groups excluding carboxylic acids is 2. The molecule has 8 nitrogen and oxygen atoms in total. The van der Waals surface area contributed by atoms with Crippen molar-refractivity contribution in [3.05, 3.63) is 78.0 Å². The summed E-state index contributed by atoms with van der Waals surface area (Å²) < 4.78 is 43.6. The first-order chi connectivity index (χ1) is 16.5. The Morgan fingerprint density at radius 3 is 2.11 bits per heavy atom. The number of nitrogens with zero attached hydrogens (tertiary/aromatic N) is 1. The van der Waals surface area contributed by atoms with Gasteiger partial charge in [0.25, 0.3) is 5.91 Å². The van der Waals surface area contributed by atoms with Crippen LogP contribution >= 0.6 is 0 Å². The van der Waals surface area contributed by atoms with Crippen molar-refractivity contribution in [3.63, 3.8) is 0 Å². The Labute approximate surface area is 198 Å². The Kier molecular flexibility index (Phi) is 8.05. The number of aliphatic hydroxyl groups is 1. The lowest BCUT2D eigenvalue weighted by atomic mass is 10.1. The van der Waals surface area contributed by atoms with Crippen LogP contribution in [0.15, 0.2) is 66.7 Å². The molecule has 3 aromatic rings. The summed E-state index contributed by atoms with van der Waals surface area (Å²) in [4.78, 5) is 28.5. The normalized spacial score (nSPS) is 13.1. The van der Waals surface area contributed by atoms with Gasteiger partial charge in [0, 0.05) is 5.56 Å². The molecule has 1 aromatic heterocycles. The van der Waals surface area contributed by atoms with Crippen molar-refractivity contribution in [1.82, 2.24) is 10.3 Å². The van der Waals surface area contributed by atoms with Gasteiger partial charge in [0.15, 0.2) is 0 Å². The van der Waals surface area contributed by atoms with Crippen LogP contribution in [0.4, 0.5) is 13.2 Å². The molecule has 0 aliphatic carbocycles. The second-order valence-corrected chi connectivity index (χ2v) is 7.63. The van der Waals surface area contributed by atoms with Crippen molar-refractivity contribution in [2.24, 2.45) is 11.5 Å². The topological polar surface area (TPSA) is 141 Å². The molecule has 0 aliphatic heterocycles. The number of alkyl halides is 3. The summed E-state index contributed by atoms with van der Waals surface area (Å²) in [6, 6.07) is 14.7. The van der Waals surface area contributed by atoms with Crippen molar-refractivity contribution in [1.29, 1.82) is 0 Å². The van der Waals surface area contributed by atoms with E-state index in [1.807, 2.05) is 0 Å². The molecule has 0 spiro atoms. The fourth-order valence-electron chi connectivity index (χ4n) is 3.12. The first-order valence-corrected chi connectivity index (χ1v) is 10.5. The predicted octanol–water partition coefficient (Wildman–Crippen LogP) is 3.20. The fraction of sp³-hybridized carbons (Fsp3) is 0.208. The van der Waals surface area contributed by atoms with Gasteiger partial charge in [-0.1, -0.05) is 6.07 Å². The van der Waals surface area contributed by atoms with Gasteiger partial charge in [-0.25, -0.2) is 4.98 Å². The third-order valence-corrected chi connectivity index (χ3v) is 4.95. The quantitative estimate of drug-likeness (QED) is 0.341. The zero-order valence-corrected chi connectivity index (χ0v) is 18.3. The molecule has 2 amide bonds. The van der Waals surface area contributed by atoms with E-state index in [9.17, 15) is 27.9 Å². The first-order valence-electron chi connectivity index (χ1n) is 10.5. The number of hydrogen-bond acceptors (Lipinski definition) is 6. The number of pyridine rings is 1. The van der Waals surface area contributed by atoms with Crippen LogP contribution in [0.25, 0.3) is 11.3 Å². The highest BCUT2D eigenvalue weighted by Crippen LogP contribution is 2.31. The van der Waals surface area contributed by atoms with Gasteiger partial charge in [0.2, 0.25) is 5.91 Å². The van der Waals surface area contributed by atoms with Gasteiger partial charge in [0.05, 0.1) is 11.3 Å². The van der Waals surface area contributed by atoms with E-state index in [4.69, 9.17) is 16.2 Å². The van der Waals surface area contributed by atoms with E-state index in [0.29, 0.717) is 17.0 Å². The molecule has 0 fully saturated rings. The van der Waals surface area contributed by atoms with Crippen LogP contribution in [0.3, 0.4) is 0 Å². The van der Waals surface area contributed by atoms with Gasteiger partial charge in [-0.3, -0.25) is 9.59 Å². The van der Waals surface area contributed by atoms with E-state index in [2.05, 4.69) is 10.3 Å². The Morgan fingerprint density at radius 2 is 1.57 bits per heavy atom. The average molecular weight is 488 g/mol. The predicted molar refractivity (Wildman–Crippen MR) is 121 cm³/mol. The SMILES string of the molecule is NC(=O)[C@H](CCC(N)O)NC(=O)c1cccc(-c2ccc(Oc3ccc(C(F)(F)F)cc3)cc2)n1. The number of hydrogen-bond donors (Lipinski definition) is 4. The molecule has 184 valence electrons. The van der Waals surface area contributed by atoms with Crippen LogP contribution in [0.2, 0.25) is 0 Å². The molecule has 0 aliphatic rings. The zero-order valence-electron chi connectivity index (χ0n) is 18.3. The summed E-state index contributed by atoms with van der Waals surface area (Å²) in [5.41, 5.74) is 11.0. The van der Waals surface area contributed by atoms with Crippen molar-refractivity contribution < 1.29 is 32.6 Å². The Morgan fingerprint density at radius 1 is 0.971 bits per heavy atom. The van der Waals surface area contributed by atoms with Gasteiger partial charge in [0.1, 0.15) is 29.5 Å². The first kappa shape index (κ1) is 25.7. The molecule has 3 rings (SSSR count). The van der Waals surface area contributed by atoms with Gasteiger partial charge < -0.3 is 26.6 Å². The number of halogens is 3. The van der Waals surface area contributed by atoms with Crippen LogP contribution in [0, 0.1) is 0 Å². The van der Waals surface area contributed by atoms with Crippen LogP contribution < -0.4 is 21.5 Å². The molecule has 0 bridgehead atoms. The lowest BCUT2D eigenvalue weighted by Crippen LogP contribution is -2.45. The van der Waals surface area contributed by atoms with Gasteiger partial charge in [-0.2, -0.15) is 13.2 Å². The number of benzene rings is 2. The molecule has 0 saturated heterocycles. The number of primary amides is 1. The highest BCUT2D eigenvalue weighted by molar-refractivity contribution is 5.96. The maximum atomic E-state index is 12.7. The Balaban J connectivity index is 1.69. The third kappa shape index (κ3) is 7.26. The number of nitrogens with two attached hydrogens (primary N) is 2. The molecular weight excluding hydrogens is 465 g/mol. The summed E-state index contributed by atoms with van der Waals surface area (Å²) in [5, 5.41) is 11.7. The van der Waals surface area contributed by atoms with Gasteiger partial charge in [-0.05, 0) is 73.5 Å². The summed E-state index contributed by atoms with van der Waals surface area (Å²) in [6.45, 7) is 0. The van der Waals surface area contributed by atoms with Crippen LogP contribution in [-0.2, 0) is 11.0 Å². The molecule has 1 unspecified atom stereocenters. The number of nitrogens with one attached hydrogen (secondary N) is 1. The average Bonchev–Trinajstić information content (AvgIpc) is 2.81. The molecule has 1 heterocycles. The number of aliphatic hydroxyl groups excluding tert-OH is 1. The summed E-state index contributed by atoms with van der Waals surface area (Å²) in [5.74, 6) is -0.745. The number of aromatic nitrogens is 1. The van der Waals surface area contributed by atoms with Gasteiger partial charge >= 0.3 is 6.18 Å². The number of carbonyl (C=O) groups is 2. The fourth-order valence-corrected chi connectivity index (χ4v) is 3.12. The van der Waals surface area contributed by atoms with E-state index in [1.165, 1.54) is 18.2 Å². The highest BCUT2D eigenvalue weighted by atomic mass is 19.4. The van der Waals surface area contributed by atoms with Crippen LogP contribution in [-0.4, -0.2) is 34.2 Å². The van der Waals surface area contributed by atoms with Crippen molar-refractivity contribution in [2.75, 3.05) is 0 Å². The maximum absolute atomic E-state index is 12.7. The molecule has 6 N–H and O–H groups in total. The lowest BCUT2D eigenvalue weighted by molar-refractivity contribution is -0.137. The number of ether oxygens (including phenoxy) is 1. The second kappa shape index (κ2) is 11.0. The monoisotopic (exact) mass is 488 g/mol. The molecule has 11 heteroatoms. The molecular formula is C24H23F3N4O4. The highest BCUT2D eigenvalue weighted by Gasteiger charge is 2.30. The van der Waals surface area contributed by atoms with E-state index >= 15 is 0 Å². The zero-order chi connectivity index (χ0) is 25.6. The molecule has 35 heavy (non-hydrogen) atoms. The van der Waals surface area contributed by atoms with E-state index in [1.54, 1.807) is 36.4 Å². The molecule has 2 aromatic carbocycles. The number of rotatable bonds is 9. The maximum Gasteiger partial charge on any atom is 0.416 e. The largest absolute Gasteiger partial charge is 0.457 e. The van der Waals surface area contributed by atoms with Crippen LogP contribution in [0.1, 0.15) is 28.9 Å². The minimum atomic E-state index is -4.42. The Bertz CT molecular complexity index is 1170. The minimum absolute atomic E-state index is 0.0483. The van der Waals surface area contributed by atoms with Crippen molar-refractivity contribution in [2.45, 2.75) is 31.3 Å². The van der Waals surface area contributed by atoms with E-state index in [0.717, 1.165) is 12.1 Å². The lowest BCUT2D eigenvalue weighted by Gasteiger charge is -2.16. The molecule has 2 atom stereocenters. The molecule has 0 saturated carbocycles. The number of amides is 2. The summed E-state index contributed by atoms with van der Waals surface area (Å²) in [6.07, 6.45) is -5.42.